The molecule has 0 aromatic carbocycles. The van der Waals surface area contributed by atoms with Crippen molar-refractivity contribution in [1.29, 1.82) is 0 Å². The second-order valence-corrected chi connectivity index (χ2v) is 4.72. The standard InChI is InChI=1S/C13H19NO3S/c1-3-5-12(15)14-11(8-13(16)17-4-2)10-6-7-18-9-10/h6-7,9,11H,3-5,8H2,1-2H3,(H,14,15)/t11-/m0/s1. The summed E-state index contributed by atoms with van der Waals surface area (Å²) in [4.78, 5) is 23.1. The summed E-state index contributed by atoms with van der Waals surface area (Å²) in [6.45, 7) is 4.08. The molecule has 0 aliphatic heterocycles. The van der Waals surface area contributed by atoms with Gasteiger partial charge in [0.1, 0.15) is 0 Å². The minimum absolute atomic E-state index is 0.0296. The van der Waals surface area contributed by atoms with E-state index in [1.165, 1.54) is 0 Å². The van der Waals surface area contributed by atoms with Crippen molar-refractivity contribution in [3.8, 4) is 0 Å². The van der Waals surface area contributed by atoms with E-state index in [0.717, 1.165) is 12.0 Å². The molecule has 18 heavy (non-hydrogen) atoms. The van der Waals surface area contributed by atoms with Gasteiger partial charge in [0.2, 0.25) is 5.91 Å². The van der Waals surface area contributed by atoms with Crippen molar-refractivity contribution in [2.75, 3.05) is 6.61 Å². The Morgan fingerprint density at radius 3 is 2.78 bits per heavy atom. The fourth-order valence-corrected chi connectivity index (χ4v) is 2.32. The highest BCUT2D eigenvalue weighted by Gasteiger charge is 2.19. The van der Waals surface area contributed by atoms with Gasteiger partial charge in [-0.25, -0.2) is 0 Å². The highest BCUT2D eigenvalue weighted by Crippen LogP contribution is 2.20. The molecule has 4 nitrogen and oxygen atoms in total. The van der Waals surface area contributed by atoms with Crippen LogP contribution in [0, 0.1) is 0 Å². The number of hydrogen-bond donors (Lipinski definition) is 1. The third-order valence-electron chi connectivity index (χ3n) is 2.43. The Labute approximate surface area is 111 Å². The van der Waals surface area contributed by atoms with Gasteiger partial charge in [-0.1, -0.05) is 6.92 Å². The molecule has 0 aliphatic carbocycles. The second kappa shape index (κ2) is 7.87. The molecule has 1 N–H and O–H groups in total. The largest absolute Gasteiger partial charge is 0.466 e. The molecule has 0 saturated carbocycles. The summed E-state index contributed by atoms with van der Waals surface area (Å²) >= 11 is 1.55. The maximum Gasteiger partial charge on any atom is 0.308 e. The van der Waals surface area contributed by atoms with Crippen LogP contribution in [0.4, 0.5) is 0 Å². The van der Waals surface area contributed by atoms with E-state index < -0.39 is 0 Å². The predicted octanol–water partition coefficient (Wildman–Crippen LogP) is 2.66. The topological polar surface area (TPSA) is 55.4 Å². The average molecular weight is 269 g/mol. The summed E-state index contributed by atoms with van der Waals surface area (Å²) in [5.41, 5.74) is 0.956. The Bertz CT molecular complexity index is 356. The normalized spacial score (nSPS) is 11.9. The minimum atomic E-state index is -0.287. The van der Waals surface area contributed by atoms with E-state index in [4.69, 9.17) is 4.74 Å². The van der Waals surface area contributed by atoms with Crippen molar-refractivity contribution in [2.45, 2.75) is 39.2 Å². The number of ether oxygens (including phenoxy) is 1. The zero-order valence-electron chi connectivity index (χ0n) is 10.8. The van der Waals surface area contributed by atoms with E-state index in [9.17, 15) is 9.59 Å². The third-order valence-corrected chi connectivity index (χ3v) is 3.14. The molecule has 1 heterocycles. The molecular formula is C13H19NO3S. The molecule has 0 saturated heterocycles. The number of rotatable bonds is 7. The van der Waals surface area contributed by atoms with E-state index in [-0.39, 0.29) is 24.3 Å². The molecule has 1 rings (SSSR count). The summed E-state index contributed by atoms with van der Waals surface area (Å²) in [7, 11) is 0. The Balaban J connectivity index is 2.64. The van der Waals surface area contributed by atoms with Crippen LogP contribution in [0.5, 0.6) is 0 Å². The van der Waals surface area contributed by atoms with E-state index in [0.29, 0.717) is 13.0 Å². The van der Waals surface area contributed by atoms with Gasteiger partial charge < -0.3 is 10.1 Å². The summed E-state index contributed by atoms with van der Waals surface area (Å²) in [5.74, 6) is -0.316. The zero-order chi connectivity index (χ0) is 13.4. The molecule has 0 unspecified atom stereocenters. The van der Waals surface area contributed by atoms with Crippen molar-refractivity contribution in [3.05, 3.63) is 22.4 Å². The zero-order valence-corrected chi connectivity index (χ0v) is 11.6. The quantitative estimate of drug-likeness (QED) is 0.774. The van der Waals surface area contributed by atoms with Crippen molar-refractivity contribution in [3.63, 3.8) is 0 Å². The molecule has 1 atom stereocenters. The summed E-state index contributed by atoms with van der Waals surface area (Å²) in [5, 5.41) is 6.75. The first kappa shape index (κ1) is 14.7. The van der Waals surface area contributed by atoms with Crippen LogP contribution in [0.1, 0.15) is 44.7 Å². The van der Waals surface area contributed by atoms with Gasteiger partial charge in [0.15, 0.2) is 0 Å². The number of thiophene rings is 1. The van der Waals surface area contributed by atoms with Gasteiger partial charge >= 0.3 is 5.97 Å². The molecule has 1 aromatic heterocycles. The van der Waals surface area contributed by atoms with Crippen LogP contribution >= 0.6 is 11.3 Å². The molecule has 5 heteroatoms. The average Bonchev–Trinajstić information content (AvgIpc) is 2.82. The van der Waals surface area contributed by atoms with Gasteiger partial charge in [-0.15, -0.1) is 0 Å². The molecule has 0 spiro atoms. The second-order valence-electron chi connectivity index (χ2n) is 3.94. The predicted molar refractivity (Wildman–Crippen MR) is 71.4 cm³/mol. The van der Waals surface area contributed by atoms with Crippen molar-refractivity contribution in [2.24, 2.45) is 0 Å². The number of carbonyl (C=O) groups excluding carboxylic acids is 2. The molecule has 1 aromatic rings. The van der Waals surface area contributed by atoms with Crippen molar-refractivity contribution < 1.29 is 14.3 Å². The van der Waals surface area contributed by atoms with Crippen LogP contribution in [0.3, 0.4) is 0 Å². The van der Waals surface area contributed by atoms with Crippen molar-refractivity contribution in [1.82, 2.24) is 5.32 Å². The molecule has 0 aliphatic rings. The Morgan fingerprint density at radius 1 is 1.44 bits per heavy atom. The first-order chi connectivity index (χ1) is 8.67. The van der Waals surface area contributed by atoms with E-state index in [1.807, 2.05) is 23.8 Å². The van der Waals surface area contributed by atoms with E-state index in [2.05, 4.69) is 5.32 Å². The Morgan fingerprint density at radius 2 is 2.22 bits per heavy atom. The SMILES string of the molecule is CCCC(=O)N[C@@H](CC(=O)OCC)c1ccsc1. The molecule has 1 amide bonds. The highest BCUT2D eigenvalue weighted by molar-refractivity contribution is 7.07. The summed E-state index contributed by atoms with van der Waals surface area (Å²) in [6, 6.07) is 1.63. The molecule has 0 radical (unpaired) electrons. The van der Waals surface area contributed by atoms with Crippen LogP contribution in [0.15, 0.2) is 16.8 Å². The van der Waals surface area contributed by atoms with Gasteiger partial charge in [-0.3, -0.25) is 9.59 Å². The number of amides is 1. The molecule has 100 valence electrons. The minimum Gasteiger partial charge on any atom is -0.466 e. The smallest absolute Gasteiger partial charge is 0.308 e. The monoisotopic (exact) mass is 269 g/mol. The third kappa shape index (κ3) is 4.87. The summed E-state index contributed by atoms with van der Waals surface area (Å²) in [6.07, 6.45) is 1.45. The highest BCUT2D eigenvalue weighted by atomic mass is 32.1. The number of carbonyl (C=O) groups is 2. The van der Waals surface area contributed by atoms with Gasteiger partial charge in [0.25, 0.3) is 0 Å². The first-order valence-corrected chi connectivity index (χ1v) is 7.08. The maximum absolute atomic E-state index is 11.6. The van der Waals surface area contributed by atoms with Crippen LogP contribution in [0.2, 0.25) is 0 Å². The van der Waals surface area contributed by atoms with Crippen LogP contribution < -0.4 is 5.32 Å². The number of hydrogen-bond acceptors (Lipinski definition) is 4. The lowest BCUT2D eigenvalue weighted by atomic mass is 10.1. The van der Waals surface area contributed by atoms with E-state index >= 15 is 0 Å². The fourth-order valence-electron chi connectivity index (χ4n) is 1.61. The molecular weight excluding hydrogens is 250 g/mol. The molecule has 0 fully saturated rings. The Kier molecular flexibility index (Phi) is 6.43. The maximum atomic E-state index is 11.6. The van der Waals surface area contributed by atoms with Gasteiger partial charge in [0.05, 0.1) is 19.1 Å². The summed E-state index contributed by atoms with van der Waals surface area (Å²) < 4.78 is 4.93. The first-order valence-electron chi connectivity index (χ1n) is 6.14. The van der Waals surface area contributed by atoms with Gasteiger partial charge in [-0.05, 0) is 35.7 Å². The fraction of sp³-hybridized carbons (Fsp3) is 0.538. The number of esters is 1. The van der Waals surface area contributed by atoms with Crippen molar-refractivity contribution >= 4 is 23.2 Å². The van der Waals surface area contributed by atoms with Crippen LogP contribution in [0.25, 0.3) is 0 Å². The van der Waals surface area contributed by atoms with Crippen LogP contribution in [-0.4, -0.2) is 18.5 Å². The van der Waals surface area contributed by atoms with E-state index in [1.54, 1.807) is 18.3 Å². The van der Waals surface area contributed by atoms with Gasteiger partial charge in [0, 0.05) is 6.42 Å². The molecule has 0 bridgehead atoms. The lowest BCUT2D eigenvalue weighted by Gasteiger charge is -2.17. The lowest BCUT2D eigenvalue weighted by molar-refractivity contribution is -0.143. The lowest BCUT2D eigenvalue weighted by Crippen LogP contribution is -2.30. The van der Waals surface area contributed by atoms with Crippen LogP contribution in [-0.2, 0) is 14.3 Å². The van der Waals surface area contributed by atoms with Gasteiger partial charge in [-0.2, -0.15) is 11.3 Å². The number of nitrogens with one attached hydrogen (secondary N) is 1. The Hall–Kier alpha value is -1.36.